The first-order chi connectivity index (χ1) is 15.8. The number of carbonyl (C=O) groups is 2. The van der Waals surface area contributed by atoms with Crippen LogP contribution in [0, 0.1) is 5.92 Å². The zero-order valence-electron chi connectivity index (χ0n) is 18.1. The average Bonchev–Trinajstić information content (AvgIpc) is 3.41. The number of aromatic nitrogens is 2. The molecule has 33 heavy (non-hydrogen) atoms. The number of nitrogens with one attached hydrogen (secondary N) is 2. The molecule has 178 valence electrons. The van der Waals surface area contributed by atoms with Crippen molar-refractivity contribution in [2.24, 2.45) is 5.92 Å². The van der Waals surface area contributed by atoms with Crippen molar-refractivity contribution in [1.82, 2.24) is 9.78 Å². The highest BCUT2D eigenvalue weighted by molar-refractivity contribution is 7.17. The van der Waals surface area contributed by atoms with Crippen LogP contribution in [-0.4, -0.2) is 40.5 Å². The van der Waals surface area contributed by atoms with Gasteiger partial charge >= 0.3 is 12.1 Å². The van der Waals surface area contributed by atoms with Crippen LogP contribution in [0.1, 0.15) is 76.4 Å². The molecule has 1 fully saturated rings. The molecule has 5 rings (SSSR count). The number of thiophene rings is 1. The summed E-state index contributed by atoms with van der Waals surface area (Å²) in [5.41, 5.74) is 1.13. The van der Waals surface area contributed by atoms with E-state index >= 15 is 0 Å². The van der Waals surface area contributed by atoms with Gasteiger partial charge in [0.2, 0.25) is 0 Å². The van der Waals surface area contributed by atoms with E-state index in [1.54, 1.807) is 6.92 Å². The maximum Gasteiger partial charge on any atom is 0.410 e. The van der Waals surface area contributed by atoms with Crippen molar-refractivity contribution in [2.45, 2.75) is 70.1 Å². The number of esters is 1. The van der Waals surface area contributed by atoms with E-state index in [-0.39, 0.29) is 36.5 Å². The van der Waals surface area contributed by atoms with E-state index in [1.165, 1.54) is 17.4 Å². The molecule has 1 amide bonds. The number of ether oxygens (including phenoxy) is 1. The van der Waals surface area contributed by atoms with Crippen LogP contribution in [0.3, 0.4) is 0 Å². The Morgan fingerprint density at radius 3 is 2.76 bits per heavy atom. The minimum Gasteiger partial charge on any atom is -0.462 e. The quantitative estimate of drug-likeness (QED) is 0.589. The van der Waals surface area contributed by atoms with Gasteiger partial charge in [-0.2, -0.15) is 18.3 Å². The highest BCUT2D eigenvalue weighted by Gasteiger charge is 2.49. The molecule has 0 aromatic carbocycles. The van der Waals surface area contributed by atoms with Gasteiger partial charge < -0.3 is 15.4 Å². The van der Waals surface area contributed by atoms with Gasteiger partial charge in [-0.1, -0.05) is 0 Å². The van der Waals surface area contributed by atoms with E-state index < -0.39 is 24.1 Å². The summed E-state index contributed by atoms with van der Waals surface area (Å²) < 4.78 is 47.3. The monoisotopic (exact) mass is 482 g/mol. The number of rotatable bonds is 5. The first-order valence-electron chi connectivity index (χ1n) is 11.3. The molecule has 0 unspecified atom stereocenters. The van der Waals surface area contributed by atoms with Gasteiger partial charge in [-0.05, 0) is 63.4 Å². The Balaban J connectivity index is 1.44. The standard InChI is InChI=1S/C22H25F3N4O3S/c1-2-32-21(31)18-12-5-3-4-6-15(12)33-20(18)27-19(30)14-10-17-26-13(11-7-8-11)9-16(22(23,24)25)29(17)28-14/h10-11,13,16,26H,2-9H2,1H3,(H,27,30)/t13-,16-/m1/s1. The van der Waals surface area contributed by atoms with Gasteiger partial charge in [0.25, 0.3) is 5.91 Å². The molecule has 2 aliphatic carbocycles. The number of fused-ring (bicyclic) bond motifs is 2. The Morgan fingerprint density at radius 2 is 2.06 bits per heavy atom. The third-order valence-corrected chi connectivity index (χ3v) is 7.73. The Hall–Kier alpha value is -2.56. The summed E-state index contributed by atoms with van der Waals surface area (Å²) in [5, 5.41) is 10.2. The van der Waals surface area contributed by atoms with Crippen molar-refractivity contribution in [3.63, 3.8) is 0 Å². The Morgan fingerprint density at radius 1 is 1.30 bits per heavy atom. The van der Waals surface area contributed by atoms with E-state index in [0.717, 1.165) is 53.6 Å². The maximum absolute atomic E-state index is 13.7. The molecule has 2 atom stereocenters. The van der Waals surface area contributed by atoms with Gasteiger partial charge in [0.1, 0.15) is 10.8 Å². The number of amides is 1. The number of nitrogens with zero attached hydrogens (tertiary/aromatic N) is 2. The van der Waals surface area contributed by atoms with Crippen molar-refractivity contribution >= 4 is 34.0 Å². The van der Waals surface area contributed by atoms with Crippen molar-refractivity contribution in [3.05, 3.63) is 27.8 Å². The highest BCUT2D eigenvalue weighted by atomic mass is 32.1. The maximum atomic E-state index is 13.7. The Labute approximate surface area is 192 Å². The van der Waals surface area contributed by atoms with Crippen LogP contribution in [0.4, 0.5) is 24.0 Å². The SMILES string of the molecule is CCOC(=O)c1c(NC(=O)c2cc3n(n2)[C@@H](C(F)(F)F)C[C@H](C2CC2)N3)sc2c1CCCC2. The van der Waals surface area contributed by atoms with E-state index in [1.807, 2.05) is 0 Å². The van der Waals surface area contributed by atoms with Crippen molar-refractivity contribution in [3.8, 4) is 0 Å². The third-order valence-electron chi connectivity index (χ3n) is 6.52. The fourth-order valence-electron chi connectivity index (χ4n) is 4.76. The Bertz CT molecular complexity index is 1090. The van der Waals surface area contributed by atoms with Crippen LogP contribution in [0.25, 0.3) is 0 Å². The summed E-state index contributed by atoms with van der Waals surface area (Å²) in [6.45, 7) is 1.92. The number of alkyl halides is 3. The number of carbonyl (C=O) groups excluding carboxylic acids is 2. The second kappa shape index (κ2) is 8.34. The molecule has 2 aromatic heterocycles. The lowest BCUT2D eigenvalue weighted by Gasteiger charge is -2.33. The fraction of sp³-hybridized carbons (Fsp3) is 0.591. The lowest BCUT2D eigenvalue weighted by molar-refractivity contribution is -0.174. The number of hydrogen-bond donors (Lipinski definition) is 2. The molecule has 0 spiro atoms. The predicted molar refractivity (Wildman–Crippen MR) is 117 cm³/mol. The lowest BCUT2D eigenvalue weighted by Crippen LogP contribution is -2.40. The van der Waals surface area contributed by atoms with Gasteiger partial charge in [0, 0.05) is 17.0 Å². The molecule has 0 saturated heterocycles. The van der Waals surface area contributed by atoms with Gasteiger partial charge in [-0.3, -0.25) is 4.79 Å². The molecule has 1 aliphatic heterocycles. The zero-order valence-corrected chi connectivity index (χ0v) is 18.9. The molecule has 7 nitrogen and oxygen atoms in total. The smallest absolute Gasteiger partial charge is 0.410 e. The molecular weight excluding hydrogens is 457 g/mol. The van der Waals surface area contributed by atoms with Crippen LogP contribution in [0.5, 0.6) is 0 Å². The highest BCUT2D eigenvalue weighted by Crippen LogP contribution is 2.46. The van der Waals surface area contributed by atoms with Crippen molar-refractivity contribution in [1.29, 1.82) is 0 Å². The third kappa shape index (κ3) is 4.22. The molecule has 2 aromatic rings. The number of halogens is 3. The summed E-state index contributed by atoms with van der Waals surface area (Å²) in [5.74, 6) is -0.726. The molecule has 0 radical (unpaired) electrons. The van der Waals surface area contributed by atoms with Crippen LogP contribution < -0.4 is 10.6 Å². The van der Waals surface area contributed by atoms with Crippen LogP contribution >= 0.6 is 11.3 Å². The first kappa shape index (κ1) is 22.2. The minimum absolute atomic E-state index is 0.103. The van der Waals surface area contributed by atoms with Crippen LogP contribution in [0.15, 0.2) is 6.07 Å². The van der Waals surface area contributed by atoms with E-state index in [0.29, 0.717) is 10.6 Å². The normalized spacial score (nSPS) is 22.2. The number of aryl methyl sites for hydroxylation is 1. The molecule has 3 aliphatic rings. The van der Waals surface area contributed by atoms with Crippen LogP contribution in [-0.2, 0) is 17.6 Å². The van der Waals surface area contributed by atoms with Gasteiger partial charge in [-0.15, -0.1) is 11.3 Å². The number of anilines is 2. The van der Waals surface area contributed by atoms with Crippen molar-refractivity contribution in [2.75, 3.05) is 17.2 Å². The second-order valence-electron chi connectivity index (χ2n) is 8.83. The molecule has 3 heterocycles. The van der Waals surface area contributed by atoms with E-state index in [9.17, 15) is 22.8 Å². The summed E-state index contributed by atoms with van der Waals surface area (Å²) >= 11 is 1.33. The fourth-order valence-corrected chi connectivity index (χ4v) is 6.03. The largest absolute Gasteiger partial charge is 0.462 e. The van der Waals surface area contributed by atoms with E-state index in [2.05, 4.69) is 15.7 Å². The first-order valence-corrected chi connectivity index (χ1v) is 12.1. The summed E-state index contributed by atoms with van der Waals surface area (Å²) in [6, 6.07) is -0.693. The number of hydrogen-bond acceptors (Lipinski definition) is 6. The second-order valence-corrected chi connectivity index (χ2v) is 9.94. The molecule has 0 bridgehead atoms. The zero-order chi connectivity index (χ0) is 23.3. The van der Waals surface area contributed by atoms with Gasteiger partial charge in [0.05, 0.1) is 12.2 Å². The van der Waals surface area contributed by atoms with Gasteiger partial charge in [0.15, 0.2) is 11.7 Å². The molecule has 2 N–H and O–H groups in total. The van der Waals surface area contributed by atoms with E-state index in [4.69, 9.17) is 4.74 Å². The summed E-state index contributed by atoms with van der Waals surface area (Å²) in [7, 11) is 0. The predicted octanol–water partition coefficient (Wildman–Crippen LogP) is 4.95. The minimum atomic E-state index is -4.46. The van der Waals surface area contributed by atoms with Crippen LogP contribution in [0.2, 0.25) is 0 Å². The summed E-state index contributed by atoms with van der Waals surface area (Å²) in [6.07, 6.45) is 0.748. The average molecular weight is 483 g/mol. The summed E-state index contributed by atoms with van der Waals surface area (Å²) in [4.78, 5) is 26.7. The molecule has 11 heteroatoms. The topological polar surface area (TPSA) is 85.2 Å². The molecule has 1 saturated carbocycles. The Kier molecular flexibility index (Phi) is 5.62. The van der Waals surface area contributed by atoms with Crippen molar-refractivity contribution < 1.29 is 27.5 Å². The van der Waals surface area contributed by atoms with Gasteiger partial charge in [-0.25, -0.2) is 9.48 Å². The molecular formula is C22H25F3N4O3S. The lowest BCUT2D eigenvalue weighted by atomic mass is 9.95.